The van der Waals surface area contributed by atoms with E-state index in [1.807, 2.05) is 30.5 Å². The van der Waals surface area contributed by atoms with Crippen molar-refractivity contribution in [2.45, 2.75) is 71.4 Å². The highest BCUT2D eigenvalue weighted by Gasteiger charge is 2.23. The van der Waals surface area contributed by atoms with Crippen LogP contribution in [0.25, 0.3) is 0 Å². The van der Waals surface area contributed by atoms with Gasteiger partial charge in [-0.05, 0) is 29.9 Å². The molecule has 29 heavy (non-hydrogen) atoms. The summed E-state index contributed by atoms with van der Waals surface area (Å²) >= 11 is 0. The minimum atomic E-state index is -0.430. The van der Waals surface area contributed by atoms with Gasteiger partial charge in [0.2, 0.25) is 5.91 Å². The van der Waals surface area contributed by atoms with Gasteiger partial charge in [0, 0.05) is 25.0 Å². The van der Waals surface area contributed by atoms with Gasteiger partial charge in [-0.1, -0.05) is 56.7 Å². The summed E-state index contributed by atoms with van der Waals surface area (Å²) < 4.78 is 1.67. The highest BCUT2D eigenvalue weighted by Crippen LogP contribution is 2.24. The number of amides is 1. The van der Waals surface area contributed by atoms with Crippen molar-refractivity contribution >= 4 is 11.7 Å². The van der Waals surface area contributed by atoms with Gasteiger partial charge in [-0.15, -0.1) is 5.10 Å². The van der Waals surface area contributed by atoms with Crippen LogP contribution >= 0.6 is 0 Å². The molecule has 1 aromatic heterocycles. The maximum Gasteiger partial charge on any atom is 0.217 e. The fourth-order valence-corrected chi connectivity index (χ4v) is 3.15. The van der Waals surface area contributed by atoms with E-state index in [2.05, 4.69) is 31.1 Å². The topological polar surface area (TPSA) is 111 Å². The summed E-state index contributed by atoms with van der Waals surface area (Å²) in [5, 5.41) is 17.7. The highest BCUT2D eigenvalue weighted by atomic mass is 16.3. The average molecular weight is 401 g/mol. The molecule has 0 radical (unpaired) electrons. The van der Waals surface area contributed by atoms with Gasteiger partial charge in [0.05, 0.1) is 12.3 Å². The zero-order valence-electron chi connectivity index (χ0n) is 17.5. The maximum absolute atomic E-state index is 13.1. The lowest BCUT2D eigenvalue weighted by Crippen LogP contribution is -2.22. The van der Waals surface area contributed by atoms with Gasteiger partial charge in [-0.25, -0.2) is 4.68 Å². The second-order valence-electron chi connectivity index (χ2n) is 8.00. The van der Waals surface area contributed by atoms with E-state index in [0.717, 1.165) is 16.8 Å². The number of aliphatic hydroxyl groups excluding tert-OH is 1. The molecule has 0 bridgehead atoms. The number of ketones is 1. The Labute approximate surface area is 172 Å². The number of benzene rings is 1. The van der Waals surface area contributed by atoms with Crippen molar-refractivity contribution in [2.75, 3.05) is 0 Å². The molecule has 0 aliphatic carbocycles. The normalized spacial score (nSPS) is 13.4. The van der Waals surface area contributed by atoms with Crippen molar-refractivity contribution in [1.82, 2.24) is 15.0 Å². The van der Waals surface area contributed by atoms with Gasteiger partial charge in [-0.3, -0.25) is 9.59 Å². The molecule has 7 nitrogen and oxygen atoms in total. The Morgan fingerprint density at radius 2 is 1.76 bits per heavy atom. The Balaban J connectivity index is 2.14. The lowest BCUT2D eigenvalue weighted by atomic mass is 9.95. The Morgan fingerprint density at radius 1 is 1.10 bits per heavy atom. The second kappa shape index (κ2) is 10.9. The number of Topliss-reactive ketones (excluding diaryl/α,β-unsaturated/α-hetero) is 1. The highest BCUT2D eigenvalue weighted by molar-refractivity contribution is 5.84. The van der Waals surface area contributed by atoms with E-state index in [-0.39, 0.29) is 30.6 Å². The average Bonchev–Trinajstić information content (AvgIpc) is 3.17. The molecule has 0 saturated heterocycles. The first-order chi connectivity index (χ1) is 13.8. The number of rotatable bonds is 12. The molecule has 7 heteroatoms. The lowest BCUT2D eigenvalue weighted by Gasteiger charge is -2.16. The minimum absolute atomic E-state index is 0.0213. The van der Waals surface area contributed by atoms with Crippen LogP contribution in [0.15, 0.2) is 30.5 Å². The number of carbonyl (C=O) groups is 2. The fraction of sp³-hybridized carbons (Fsp3) is 0.545. The molecule has 2 atom stereocenters. The summed E-state index contributed by atoms with van der Waals surface area (Å²) in [6.07, 6.45) is 4.40. The summed E-state index contributed by atoms with van der Waals surface area (Å²) in [6.45, 7) is 6.34. The lowest BCUT2D eigenvalue weighted by molar-refractivity contribution is -0.122. The first-order valence-corrected chi connectivity index (χ1v) is 10.2. The van der Waals surface area contributed by atoms with Crippen LogP contribution in [0.1, 0.15) is 75.2 Å². The molecule has 2 aromatic rings. The first-order valence-electron chi connectivity index (χ1n) is 10.2. The van der Waals surface area contributed by atoms with Crippen molar-refractivity contribution in [3.8, 4) is 0 Å². The second-order valence-corrected chi connectivity index (χ2v) is 8.00. The van der Waals surface area contributed by atoms with E-state index in [4.69, 9.17) is 5.73 Å². The molecule has 0 fully saturated rings. The summed E-state index contributed by atoms with van der Waals surface area (Å²) in [7, 11) is 0. The first kappa shape index (κ1) is 22.7. The van der Waals surface area contributed by atoms with Gasteiger partial charge in [0.15, 0.2) is 5.78 Å². The van der Waals surface area contributed by atoms with E-state index in [1.165, 1.54) is 0 Å². The van der Waals surface area contributed by atoms with Crippen LogP contribution in [-0.2, 0) is 22.6 Å². The van der Waals surface area contributed by atoms with Crippen LogP contribution in [0.5, 0.6) is 0 Å². The quantitative estimate of drug-likeness (QED) is 0.532. The number of carbonyl (C=O) groups excluding carboxylic acids is 2. The monoisotopic (exact) mass is 400 g/mol. The molecule has 0 aliphatic rings. The zero-order chi connectivity index (χ0) is 21.4. The SMILES string of the molecule is CC(C)[C@H](C)c1cn([C@@H](CCCCC(N)=O)C(=O)Cc2ccc(CO)cc2)nn1. The van der Waals surface area contributed by atoms with E-state index in [1.54, 1.807) is 4.68 Å². The molecule has 2 rings (SSSR count). The number of hydrogen-bond acceptors (Lipinski definition) is 5. The molecule has 1 aromatic carbocycles. The number of nitrogens with two attached hydrogens (primary N) is 1. The predicted octanol–water partition coefficient (Wildman–Crippen LogP) is 2.93. The van der Waals surface area contributed by atoms with E-state index >= 15 is 0 Å². The molecule has 0 spiro atoms. The van der Waals surface area contributed by atoms with Crippen molar-refractivity contribution in [2.24, 2.45) is 11.7 Å². The molecule has 3 N–H and O–H groups in total. The number of aromatic nitrogens is 3. The molecular formula is C22H32N4O3. The fourth-order valence-electron chi connectivity index (χ4n) is 3.15. The van der Waals surface area contributed by atoms with Gasteiger partial charge >= 0.3 is 0 Å². The number of nitrogens with zero attached hydrogens (tertiary/aromatic N) is 3. The molecule has 158 valence electrons. The number of primary amides is 1. The van der Waals surface area contributed by atoms with Crippen LogP contribution < -0.4 is 5.73 Å². The molecule has 0 aliphatic heterocycles. The van der Waals surface area contributed by atoms with Crippen molar-refractivity contribution < 1.29 is 14.7 Å². The smallest absolute Gasteiger partial charge is 0.217 e. The summed E-state index contributed by atoms with van der Waals surface area (Å²) in [6, 6.07) is 6.94. The van der Waals surface area contributed by atoms with Crippen LogP contribution in [0, 0.1) is 5.92 Å². The molecule has 0 saturated carbocycles. The van der Waals surface area contributed by atoms with Gasteiger partial charge < -0.3 is 10.8 Å². The van der Waals surface area contributed by atoms with E-state index < -0.39 is 6.04 Å². The number of aliphatic hydroxyl groups is 1. The van der Waals surface area contributed by atoms with Crippen LogP contribution in [0.2, 0.25) is 0 Å². The van der Waals surface area contributed by atoms with E-state index in [0.29, 0.717) is 31.6 Å². The van der Waals surface area contributed by atoms with Crippen LogP contribution in [0.3, 0.4) is 0 Å². The summed E-state index contributed by atoms with van der Waals surface area (Å²) in [4.78, 5) is 24.1. The minimum Gasteiger partial charge on any atom is -0.392 e. The molecule has 1 amide bonds. The van der Waals surface area contributed by atoms with Crippen molar-refractivity contribution in [1.29, 1.82) is 0 Å². The van der Waals surface area contributed by atoms with Crippen LogP contribution in [0.4, 0.5) is 0 Å². The largest absolute Gasteiger partial charge is 0.392 e. The van der Waals surface area contributed by atoms with Crippen LogP contribution in [-0.4, -0.2) is 31.8 Å². The standard InChI is InChI=1S/C22H32N4O3/c1-15(2)16(3)19-13-26(25-24-19)20(6-4-5-7-22(23)29)21(28)12-17-8-10-18(14-27)11-9-17/h8-11,13,15-16,20,27H,4-7,12,14H2,1-3H3,(H2,23,29)/t16-,20-/m0/s1. The summed E-state index contributed by atoms with van der Waals surface area (Å²) in [5.74, 6) is 0.399. The number of hydrogen-bond donors (Lipinski definition) is 2. The van der Waals surface area contributed by atoms with E-state index in [9.17, 15) is 14.7 Å². The van der Waals surface area contributed by atoms with Crippen molar-refractivity contribution in [3.05, 3.63) is 47.3 Å². The Kier molecular flexibility index (Phi) is 8.51. The molecule has 1 heterocycles. The van der Waals surface area contributed by atoms with Gasteiger partial charge in [-0.2, -0.15) is 0 Å². The third kappa shape index (κ3) is 6.78. The molecule has 0 unspecified atom stereocenters. The Morgan fingerprint density at radius 3 is 2.34 bits per heavy atom. The molecular weight excluding hydrogens is 368 g/mol. The maximum atomic E-state index is 13.1. The number of unbranched alkanes of at least 4 members (excludes halogenated alkanes) is 1. The Hall–Kier alpha value is -2.54. The third-order valence-corrected chi connectivity index (χ3v) is 5.42. The third-order valence-electron chi connectivity index (χ3n) is 5.42. The summed E-state index contributed by atoms with van der Waals surface area (Å²) in [5.41, 5.74) is 7.80. The van der Waals surface area contributed by atoms with Gasteiger partial charge in [0.25, 0.3) is 0 Å². The zero-order valence-corrected chi connectivity index (χ0v) is 17.5. The Bertz CT molecular complexity index is 799. The predicted molar refractivity (Wildman–Crippen MR) is 111 cm³/mol. The van der Waals surface area contributed by atoms with Gasteiger partial charge in [0.1, 0.15) is 6.04 Å². The van der Waals surface area contributed by atoms with Crippen molar-refractivity contribution in [3.63, 3.8) is 0 Å².